The Kier molecular flexibility index (Phi) is 7.98. The van der Waals surface area contributed by atoms with Crippen molar-refractivity contribution in [3.8, 4) is 0 Å². The standard InChI is InChI=1S/C13H28N2O4S/c1-12(2)19-10-4-3-7-14-20(17,18)15-8-5-13(11-16)6-9-15/h12-14,16H,3-11H2,1-2H3. The number of aliphatic hydroxyl groups is 1. The first-order chi connectivity index (χ1) is 9.45. The van der Waals surface area contributed by atoms with Gasteiger partial charge >= 0.3 is 0 Å². The molecule has 0 unspecified atom stereocenters. The fraction of sp³-hybridized carbons (Fsp3) is 1.00. The van der Waals surface area contributed by atoms with Crippen LogP contribution >= 0.6 is 0 Å². The summed E-state index contributed by atoms with van der Waals surface area (Å²) in [4.78, 5) is 0. The van der Waals surface area contributed by atoms with Crippen LogP contribution in [0.5, 0.6) is 0 Å². The Morgan fingerprint density at radius 2 is 1.95 bits per heavy atom. The molecule has 120 valence electrons. The van der Waals surface area contributed by atoms with Gasteiger partial charge in [-0.05, 0) is 45.4 Å². The zero-order chi connectivity index (χ0) is 15.0. The summed E-state index contributed by atoms with van der Waals surface area (Å²) >= 11 is 0. The van der Waals surface area contributed by atoms with Gasteiger partial charge < -0.3 is 9.84 Å². The number of nitrogens with zero attached hydrogens (tertiary/aromatic N) is 1. The molecule has 6 nitrogen and oxygen atoms in total. The second-order valence-corrected chi connectivity index (χ2v) is 7.31. The molecule has 7 heteroatoms. The highest BCUT2D eigenvalue weighted by Gasteiger charge is 2.26. The summed E-state index contributed by atoms with van der Waals surface area (Å²) in [7, 11) is -3.36. The minimum absolute atomic E-state index is 0.150. The summed E-state index contributed by atoms with van der Waals surface area (Å²) in [6.07, 6.45) is 3.32. The van der Waals surface area contributed by atoms with E-state index in [9.17, 15) is 8.42 Å². The van der Waals surface area contributed by atoms with Crippen molar-refractivity contribution in [3.63, 3.8) is 0 Å². The van der Waals surface area contributed by atoms with Crippen molar-refractivity contribution in [1.29, 1.82) is 0 Å². The molecule has 1 rings (SSSR count). The van der Waals surface area contributed by atoms with E-state index in [1.54, 1.807) is 0 Å². The highest BCUT2D eigenvalue weighted by atomic mass is 32.2. The van der Waals surface area contributed by atoms with Gasteiger partial charge in [-0.1, -0.05) is 0 Å². The third-order valence-electron chi connectivity index (χ3n) is 3.48. The van der Waals surface area contributed by atoms with Crippen LogP contribution in [0.15, 0.2) is 0 Å². The van der Waals surface area contributed by atoms with Crippen molar-refractivity contribution in [2.45, 2.75) is 45.6 Å². The van der Waals surface area contributed by atoms with Crippen LogP contribution in [0.2, 0.25) is 0 Å². The lowest BCUT2D eigenvalue weighted by molar-refractivity contribution is 0.0762. The molecule has 0 spiro atoms. The SMILES string of the molecule is CC(C)OCCCCNS(=O)(=O)N1CCC(CO)CC1. The monoisotopic (exact) mass is 308 g/mol. The zero-order valence-electron chi connectivity index (χ0n) is 12.5. The van der Waals surface area contributed by atoms with E-state index in [0.29, 0.717) is 26.2 Å². The molecule has 1 fully saturated rings. The molecule has 0 amide bonds. The summed E-state index contributed by atoms with van der Waals surface area (Å²) in [6.45, 7) is 6.23. The summed E-state index contributed by atoms with van der Waals surface area (Å²) in [6, 6.07) is 0. The molecule has 2 N–H and O–H groups in total. The van der Waals surface area contributed by atoms with Crippen molar-refractivity contribution in [2.24, 2.45) is 5.92 Å². The Morgan fingerprint density at radius 3 is 2.50 bits per heavy atom. The maximum atomic E-state index is 12.0. The Hall–Kier alpha value is -0.210. The Bertz CT molecular complexity index is 351. The lowest BCUT2D eigenvalue weighted by Crippen LogP contribution is -2.45. The van der Waals surface area contributed by atoms with Crippen molar-refractivity contribution < 1.29 is 18.3 Å². The lowest BCUT2D eigenvalue weighted by Gasteiger charge is -2.30. The average molecular weight is 308 g/mol. The zero-order valence-corrected chi connectivity index (χ0v) is 13.4. The fourth-order valence-electron chi connectivity index (χ4n) is 2.17. The van der Waals surface area contributed by atoms with Crippen LogP contribution in [0.1, 0.15) is 39.5 Å². The van der Waals surface area contributed by atoms with Crippen LogP contribution < -0.4 is 4.72 Å². The number of hydrogen-bond donors (Lipinski definition) is 2. The molecule has 0 aromatic heterocycles. The smallest absolute Gasteiger partial charge is 0.279 e. The van der Waals surface area contributed by atoms with Crippen LogP contribution in [-0.4, -0.2) is 56.8 Å². The minimum atomic E-state index is -3.36. The van der Waals surface area contributed by atoms with Gasteiger partial charge in [-0.3, -0.25) is 0 Å². The summed E-state index contributed by atoms with van der Waals surface area (Å²) in [5, 5.41) is 9.05. The molecule has 1 heterocycles. The van der Waals surface area contributed by atoms with Gasteiger partial charge in [0.25, 0.3) is 10.2 Å². The van der Waals surface area contributed by atoms with Gasteiger partial charge in [0.2, 0.25) is 0 Å². The topological polar surface area (TPSA) is 78.9 Å². The Balaban J connectivity index is 2.18. The molecular weight excluding hydrogens is 280 g/mol. The van der Waals surface area contributed by atoms with E-state index >= 15 is 0 Å². The van der Waals surface area contributed by atoms with Crippen molar-refractivity contribution >= 4 is 10.2 Å². The third kappa shape index (κ3) is 6.49. The van der Waals surface area contributed by atoms with E-state index in [2.05, 4.69) is 4.72 Å². The molecule has 20 heavy (non-hydrogen) atoms. The second-order valence-electron chi connectivity index (χ2n) is 5.55. The fourth-order valence-corrected chi connectivity index (χ4v) is 3.45. The van der Waals surface area contributed by atoms with E-state index in [4.69, 9.17) is 9.84 Å². The van der Waals surface area contributed by atoms with Crippen LogP contribution in [0, 0.1) is 5.92 Å². The largest absolute Gasteiger partial charge is 0.396 e. The van der Waals surface area contributed by atoms with Gasteiger partial charge in [0.1, 0.15) is 0 Å². The molecule has 0 atom stereocenters. The Labute approximate surface area is 122 Å². The van der Waals surface area contributed by atoms with Gasteiger partial charge in [0.15, 0.2) is 0 Å². The predicted molar refractivity (Wildman–Crippen MR) is 78.6 cm³/mol. The van der Waals surface area contributed by atoms with Crippen LogP contribution in [0.3, 0.4) is 0 Å². The molecule has 1 saturated heterocycles. The van der Waals surface area contributed by atoms with E-state index in [-0.39, 0.29) is 18.6 Å². The third-order valence-corrected chi connectivity index (χ3v) is 5.09. The van der Waals surface area contributed by atoms with E-state index < -0.39 is 10.2 Å². The highest BCUT2D eigenvalue weighted by molar-refractivity contribution is 7.87. The van der Waals surface area contributed by atoms with Gasteiger partial charge in [0.05, 0.1) is 6.10 Å². The maximum absolute atomic E-state index is 12.0. The summed E-state index contributed by atoms with van der Waals surface area (Å²) in [5.74, 6) is 0.245. The first-order valence-corrected chi connectivity index (χ1v) is 8.87. The number of aliphatic hydroxyl groups excluding tert-OH is 1. The second kappa shape index (κ2) is 8.94. The van der Waals surface area contributed by atoms with Crippen molar-refractivity contribution in [1.82, 2.24) is 9.03 Å². The van der Waals surface area contributed by atoms with Gasteiger partial charge in [-0.25, -0.2) is 4.72 Å². The number of unbranched alkanes of at least 4 members (excludes halogenated alkanes) is 1. The molecule has 0 aromatic carbocycles. The molecule has 0 radical (unpaired) electrons. The van der Waals surface area contributed by atoms with Gasteiger partial charge in [-0.2, -0.15) is 12.7 Å². The number of piperidine rings is 1. The minimum Gasteiger partial charge on any atom is -0.396 e. The highest BCUT2D eigenvalue weighted by Crippen LogP contribution is 2.18. The van der Waals surface area contributed by atoms with Crippen molar-refractivity contribution in [3.05, 3.63) is 0 Å². The molecular formula is C13H28N2O4S. The Morgan fingerprint density at radius 1 is 1.30 bits per heavy atom. The quantitative estimate of drug-likeness (QED) is 0.616. The van der Waals surface area contributed by atoms with Gasteiger partial charge in [-0.15, -0.1) is 0 Å². The van der Waals surface area contributed by atoms with Gasteiger partial charge in [0, 0.05) is 32.8 Å². The first-order valence-electron chi connectivity index (χ1n) is 7.43. The average Bonchev–Trinajstić information content (AvgIpc) is 2.42. The summed E-state index contributed by atoms with van der Waals surface area (Å²) in [5.41, 5.74) is 0. The number of ether oxygens (including phenoxy) is 1. The number of nitrogens with one attached hydrogen (secondary N) is 1. The van der Waals surface area contributed by atoms with E-state index in [1.165, 1.54) is 4.31 Å². The molecule has 0 aliphatic carbocycles. The molecule has 0 saturated carbocycles. The molecule has 0 aromatic rings. The maximum Gasteiger partial charge on any atom is 0.279 e. The normalized spacial score (nSPS) is 18.8. The van der Waals surface area contributed by atoms with Crippen LogP contribution in [0.4, 0.5) is 0 Å². The predicted octanol–water partition coefficient (Wildman–Crippen LogP) is 0.730. The van der Waals surface area contributed by atoms with Crippen LogP contribution in [-0.2, 0) is 14.9 Å². The molecule has 1 aliphatic heterocycles. The van der Waals surface area contributed by atoms with E-state index in [1.807, 2.05) is 13.8 Å². The molecule has 0 bridgehead atoms. The van der Waals surface area contributed by atoms with Crippen LogP contribution in [0.25, 0.3) is 0 Å². The summed E-state index contributed by atoms with van der Waals surface area (Å²) < 4.78 is 33.6. The number of hydrogen-bond acceptors (Lipinski definition) is 4. The van der Waals surface area contributed by atoms with Crippen molar-refractivity contribution in [2.75, 3.05) is 32.8 Å². The van der Waals surface area contributed by atoms with E-state index in [0.717, 1.165) is 25.7 Å². The number of rotatable bonds is 9. The molecule has 1 aliphatic rings. The first kappa shape index (κ1) is 17.8. The lowest BCUT2D eigenvalue weighted by atomic mass is 10.00.